The average molecular weight is 356 g/mol. The lowest BCUT2D eigenvalue weighted by molar-refractivity contribution is -0.141. The number of fused-ring (bicyclic) bond motifs is 1. The number of esters is 1. The Morgan fingerprint density at radius 3 is 2.67 bits per heavy atom. The van der Waals surface area contributed by atoms with Crippen molar-refractivity contribution < 1.29 is 27.1 Å². The molecule has 1 aromatic heterocycles. The number of methoxy groups -OCH3 is 1. The second kappa shape index (κ2) is 6.38. The molecule has 1 aliphatic heterocycles. The van der Waals surface area contributed by atoms with E-state index in [0.29, 0.717) is 18.7 Å². The Hall–Kier alpha value is -2.17. The highest BCUT2D eigenvalue weighted by molar-refractivity contribution is 7.89. The van der Waals surface area contributed by atoms with Crippen LogP contribution in [0.1, 0.15) is 0 Å². The number of morpholine rings is 1. The van der Waals surface area contributed by atoms with Crippen LogP contribution in [0.3, 0.4) is 0 Å². The topological polar surface area (TPSA) is 108 Å². The van der Waals surface area contributed by atoms with Gasteiger partial charge in [-0.15, -0.1) is 0 Å². The first-order chi connectivity index (χ1) is 11.4. The zero-order valence-corrected chi connectivity index (χ0v) is 13.7. The summed E-state index contributed by atoms with van der Waals surface area (Å²) in [4.78, 5) is 23.3. The van der Waals surface area contributed by atoms with E-state index in [2.05, 4.69) is 4.74 Å². The van der Waals surface area contributed by atoms with Gasteiger partial charge in [0.2, 0.25) is 10.0 Å². The molecule has 3 rings (SSSR count). The van der Waals surface area contributed by atoms with E-state index < -0.39 is 21.7 Å². The largest absolute Gasteiger partial charge is 0.468 e. The van der Waals surface area contributed by atoms with Crippen molar-refractivity contribution in [1.82, 2.24) is 8.87 Å². The summed E-state index contributed by atoms with van der Waals surface area (Å²) in [5.74, 6) is -1.36. The second-order valence-electron chi connectivity index (χ2n) is 5.18. The van der Waals surface area contributed by atoms with Gasteiger partial charge >= 0.3 is 11.7 Å². The fourth-order valence-corrected chi connectivity index (χ4v) is 3.91. The first kappa shape index (κ1) is 16.7. The molecule has 0 amide bonds. The molecule has 0 N–H and O–H groups in total. The molecule has 2 heterocycles. The van der Waals surface area contributed by atoms with Crippen molar-refractivity contribution in [2.24, 2.45) is 0 Å². The summed E-state index contributed by atoms with van der Waals surface area (Å²) in [5.41, 5.74) is 0.421. The molecule has 2 aromatic rings. The Balaban J connectivity index is 2.00. The highest BCUT2D eigenvalue weighted by atomic mass is 32.2. The molecule has 0 radical (unpaired) electrons. The minimum atomic E-state index is -3.69. The zero-order chi connectivity index (χ0) is 17.3. The van der Waals surface area contributed by atoms with Crippen LogP contribution >= 0.6 is 0 Å². The van der Waals surface area contributed by atoms with Crippen molar-refractivity contribution >= 4 is 27.1 Å². The summed E-state index contributed by atoms with van der Waals surface area (Å²) in [7, 11) is -2.48. The number of carbonyl (C=O) groups excluding carboxylic acids is 1. The fourth-order valence-electron chi connectivity index (χ4n) is 2.49. The van der Waals surface area contributed by atoms with E-state index in [4.69, 9.17) is 9.15 Å². The molecule has 10 heteroatoms. The van der Waals surface area contributed by atoms with Crippen LogP contribution in [0.5, 0.6) is 0 Å². The van der Waals surface area contributed by atoms with Gasteiger partial charge in [0, 0.05) is 19.2 Å². The van der Waals surface area contributed by atoms with Gasteiger partial charge in [-0.2, -0.15) is 4.31 Å². The maximum atomic E-state index is 12.6. The molecule has 1 saturated heterocycles. The third kappa shape index (κ3) is 2.95. The number of hydrogen-bond acceptors (Lipinski definition) is 7. The van der Waals surface area contributed by atoms with Crippen molar-refractivity contribution in [3.63, 3.8) is 0 Å². The summed E-state index contributed by atoms with van der Waals surface area (Å²) in [6.45, 7) is 0.914. The van der Waals surface area contributed by atoms with Crippen LogP contribution in [0, 0.1) is 0 Å². The smallest absolute Gasteiger partial charge is 0.420 e. The van der Waals surface area contributed by atoms with Crippen LogP contribution < -0.4 is 5.76 Å². The Kier molecular flexibility index (Phi) is 4.43. The molecular weight excluding hydrogens is 340 g/mol. The van der Waals surface area contributed by atoms with Crippen LogP contribution in [0.25, 0.3) is 11.1 Å². The second-order valence-corrected chi connectivity index (χ2v) is 7.11. The lowest BCUT2D eigenvalue weighted by Crippen LogP contribution is -2.40. The molecule has 0 unspecified atom stereocenters. The van der Waals surface area contributed by atoms with Gasteiger partial charge in [0.15, 0.2) is 5.58 Å². The first-order valence-electron chi connectivity index (χ1n) is 7.21. The number of sulfonamides is 1. The number of nitrogens with zero attached hydrogens (tertiary/aromatic N) is 2. The van der Waals surface area contributed by atoms with Crippen molar-refractivity contribution in [2.45, 2.75) is 11.4 Å². The minimum absolute atomic E-state index is 0.0240. The molecule has 0 atom stereocenters. The van der Waals surface area contributed by atoms with Gasteiger partial charge < -0.3 is 13.9 Å². The van der Waals surface area contributed by atoms with E-state index in [-0.39, 0.29) is 30.1 Å². The number of rotatable bonds is 4. The van der Waals surface area contributed by atoms with Gasteiger partial charge in [-0.25, -0.2) is 13.2 Å². The summed E-state index contributed by atoms with van der Waals surface area (Å²) in [5, 5.41) is 0. The highest BCUT2D eigenvalue weighted by Crippen LogP contribution is 2.22. The Morgan fingerprint density at radius 1 is 1.29 bits per heavy atom. The summed E-state index contributed by atoms with van der Waals surface area (Å²) in [6, 6.07) is 4.11. The van der Waals surface area contributed by atoms with Crippen LogP contribution in [0.2, 0.25) is 0 Å². The number of oxazole rings is 1. The quantitative estimate of drug-likeness (QED) is 0.697. The third-order valence-corrected chi connectivity index (χ3v) is 5.66. The van der Waals surface area contributed by atoms with Crippen LogP contribution in [0.4, 0.5) is 0 Å². The summed E-state index contributed by atoms with van der Waals surface area (Å²) >= 11 is 0. The molecule has 0 bridgehead atoms. The van der Waals surface area contributed by atoms with Crippen molar-refractivity contribution in [2.75, 3.05) is 33.4 Å². The number of benzene rings is 1. The van der Waals surface area contributed by atoms with E-state index in [9.17, 15) is 18.0 Å². The number of ether oxygens (including phenoxy) is 2. The molecule has 24 heavy (non-hydrogen) atoms. The van der Waals surface area contributed by atoms with E-state index >= 15 is 0 Å². The molecular formula is C14H16N2O7S. The predicted octanol–water partition coefficient (Wildman–Crippen LogP) is -0.212. The lowest BCUT2D eigenvalue weighted by Gasteiger charge is -2.25. The molecule has 1 aromatic carbocycles. The Bertz CT molecular complexity index is 922. The summed E-state index contributed by atoms with van der Waals surface area (Å²) < 4.78 is 42.4. The van der Waals surface area contributed by atoms with E-state index in [1.54, 1.807) is 0 Å². The zero-order valence-electron chi connectivity index (χ0n) is 12.9. The Morgan fingerprint density at radius 2 is 2.00 bits per heavy atom. The highest BCUT2D eigenvalue weighted by Gasteiger charge is 2.27. The number of hydrogen-bond donors (Lipinski definition) is 0. The minimum Gasteiger partial charge on any atom is -0.468 e. The SMILES string of the molecule is COC(=O)Cn1c(=O)oc2cc(S(=O)(=O)N3CCOCC3)ccc21. The monoisotopic (exact) mass is 356 g/mol. The van der Waals surface area contributed by atoms with Gasteiger partial charge in [-0.3, -0.25) is 9.36 Å². The Labute approximate surface area is 137 Å². The van der Waals surface area contributed by atoms with E-state index in [0.717, 1.165) is 4.57 Å². The molecule has 1 aliphatic rings. The predicted molar refractivity (Wildman–Crippen MR) is 82.1 cm³/mol. The van der Waals surface area contributed by atoms with Crippen LogP contribution in [-0.2, 0) is 30.8 Å². The van der Waals surface area contributed by atoms with Gasteiger partial charge in [0.05, 0.1) is 30.7 Å². The molecule has 0 saturated carbocycles. The van der Waals surface area contributed by atoms with Gasteiger partial charge in [-0.05, 0) is 12.1 Å². The van der Waals surface area contributed by atoms with Gasteiger partial charge in [0.25, 0.3) is 0 Å². The van der Waals surface area contributed by atoms with E-state index in [1.165, 1.54) is 29.6 Å². The third-order valence-electron chi connectivity index (χ3n) is 3.76. The van der Waals surface area contributed by atoms with Crippen molar-refractivity contribution in [1.29, 1.82) is 0 Å². The molecule has 130 valence electrons. The van der Waals surface area contributed by atoms with Gasteiger partial charge in [0.1, 0.15) is 6.54 Å². The normalized spacial score (nSPS) is 16.4. The van der Waals surface area contributed by atoms with Crippen molar-refractivity contribution in [3.8, 4) is 0 Å². The molecule has 0 aliphatic carbocycles. The van der Waals surface area contributed by atoms with Crippen LogP contribution in [-0.4, -0.2) is 56.7 Å². The van der Waals surface area contributed by atoms with Crippen LogP contribution in [0.15, 0.2) is 32.3 Å². The first-order valence-corrected chi connectivity index (χ1v) is 8.65. The summed E-state index contributed by atoms with van der Waals surface area (Å²) in [6.07, 6.45) is 0. The van der Waals surface area contributed by atoms with Crippen molar-refractivity contribution in [3.05, 3.63) is 28.7 Å². The number of carbonyl (C=O) groups is 1. The maximum absolute atomic E-state index is 12.6. The molecule has 0 spiro atoms. The van der Waals surface area contributed by atoms with E-state index in [1.807, 2.05) is 0 Å². The average Bonchev–Trinajstić information content (AvgIpc) is 2.90. The number of aromatic nitrogens is 1. The molecule has 9 nitrogen and oxygen atoms in total. The lowest BCUT2D eigenvalue weighted by atomic mass is 10.3. The molecule has 1 fully saturated rings. The van der Waals surface area contributed by atoms with Gasteiger partial charge in [-0.1, -0.05) is 0 Å². The fraction of sp³-hybridized carbons (Fsp3) is 0.429. The maximum Gasteiger partial charge on any atom is 0.420 e. The standard InChI is InChI=1S/C14H16N2O7S/c1-21-13(17)9-16-11-3-2-10(8-12(11)23-14(16)18)24(19,20)15-4-6-22-7-5-15/h2-3,8H,4-7,9H2,1H3.